The number of benzene rings is 2. The van der Waals surface area contributed by atoms with Crippen LogP contribution >= 0.6 is 50.6 Å². The number of thiazole rings is 1. The molecule has 0 spiro atoms. The lowest BCUT2D eigenvalue weighted by molar-refractivity contribution is -0.113. The molecule has 1 N–H and O–H groups in total. The first-order valence-electron chi connectivity index (χ1n) is 7.00. The Morgan fingerprint density at radius 3 is 2.79 bits per heavy atom. The average Bonchev–Trinajstić information content (AvgIpc) is 3.03. The number of aromatic nitrogens is 1. The molecule has 3 aromatic rings. The maximum absolute atomic E-state index is 12.1. The van der Waals surface area contributed by atoms with E-state index in [1.807, 2.05) is 53.9 Å². The van der Waals surface area contributed by atoms with Crippen molar-refractivity contribution in [1.29, 1.82) is 0 Å². The van der Waals surface area contributed by atoms with Gasteiger partial charge in [-0.1, -0.05) is 39.7 Å². The topological polar surface area (TPSA) is 42.0 Å². The molecule has 3 rings (SSSR count). The summed E-state index contributed by atoms with van der Waals surface area (Å²) in [5.74, 6) is 0.248. The monoisotopic (exact) mass is 438 g/mol. The van der Waals surface area contributed by atoms with Gasteiger partial charge in [-0.25, -0.2) is 4.98 Å². The molecule has 0 atom stereocenters. The van der Waals surface area contributed by atoms with Crippen LogP contribution in [0.2, 0.25) is 5.02 Å². The van der Waals surface area contributed by atoms with Gasteiger partial charge < -0.3 is 5.32 Å². The summed E-state index contributed by atoms with van der Waals surface area (Å²) in [7, 11) is 0. The molecule has 0 aliphatic rings. The first kappa shape index (κ1) is 17.5. The summed E-state index contributed by atoms with van der Waals surface area (Å²) < 4.78 is 0.998. The summed E-state index contributed by atoms with van der Waals surface area (Å²) in [6, 6.07) is 15.3. The van der Waals surface area contributed by atoms with Gasteiger partial charge in [-0.2, -0.15) is 0 Å². The minimum absolute atomic E-state index is 0.0786. The summed E-state index contributed by atoms with van der Waals surface area (Å²) in [6.45, 7) is 0. The Hall–Kier alpha value is -1.34. The molecule has 0 radical (unpaired) electrons. The van der Waals surface area contributed by atoms with Crippen molar-refractivity contribution in [2.75, 3.05) is 11.1 Å². The van der Waals surface area contributed by atoms with Crippen molar-refractivity contribution >= 4 is 61.7 Å². The standard InChI is InChI=1S/C17H12BrClN2OS2/c18-12-3-1-2-11(8-12)15-9-24-17(20-15)21-16(22)10-23-14-6-4-13(19)5-7-14/h1-9H,10H2,(H,20,21,22). The van der Waals surface area contributed by atoms with Crippen LogP contribution in [0, 0.1) is 0 Å². The second kappa shape index (κ2) is 8.16. The molecule has 0 bridgehead atoms. The number of rotatable bonds is 5. The highest BCUT2D eigenvalue weighted by atomic mass is 79.9. The molecule has 3 nitrogen and oxygen atoms in total. The van der Waals surface area contributed by atoms with E-state index in [9.17, 15) is 4.79 Å². The average molecular weight is 440 g/mol. The molecule has 0 saturated carbocycles. The molecule has 7 heteroatoms. The second-order valence-electron chi connectivity index (χ2n) is 4.84. The predicted molar refractivity (Wildman–Crippen MR) is 106 cm³/mol. The van der Waals surface area contributed by atoms with Crippen LogP contribution in [0.3, 0.4) is 0 Å². The van der Waals surface area contributed by atoms with Crippen LogP contribution in [0.4, 0.5) is 5.13 Å². The molecule has 1 heterocycles. The molecule has 0 fully saturated rings. The fraction of sp³-hybridized carbons (Fsp3) is 0.0588. The molecule has 0 aliphatic carbocycles. The van der Waals surface area contributed by atoms with Gasteiger partial charge in [-0.15, -0.1) is 23.1 Å². The second-order valence-corrected chi connectivity index (χ2v) is 8.10. The number of thioether (sulfide) groups is 1. The quantitative estimate of drug-likeness (QED) is 0.499. The maximum atomic E-state index is 12.1. The normalized spacial score (nSPS) is 10.6. The Morgan fingerprint density at radius 1 is 1.25 bits per heavy atom. The lowest BCUT2D eigenvalue weighted by atomic mass is 10.2. The molecule has 0 unspecified atom stereocenters. The van der Waals surface area contributed by atoms with E-state index >= 15 is 0 Å². The number of hydrogen-bond acceptors (Lipinski definition) is 4. The minimum Gasteiger partial charge on any atom is -0.301 e. The molecular weight excluding hydrogens is 428 g/mol. The van der Waals surface area contributed by atoms with Gasteiger partial charge in [-0.3, -0.25) is 4.79 Å². The summed E-state index contributed by atoms with van der Waals surface area (Å²) in [4.78, 5) is 17.5. The smallest absolute Gasteiger partial charge is 0.236 e. The number of anilines is 1. The number of carbonyl (C=O) groups is 1. The number of carbonyl (C=O) groups excluding carboxylic acids is 1. The summed E-state index contributed by atoms with van der Waals surface area (Å²) in [6.07, 6.45) is 0. The lowest BCUT2D eigenvalue weighted by Crippen LogP contribution is -2.13. The molecule has 2 aromatic carbocycles. The van der Waals surface area contributed by atoms with E-state index in [1.165, 1.54) is 23.1 Å². The Labute approximate surface area is 161 Å². The molecule has 1 amide bonds. The van der Waals surface area contributed by atoms with E-state index in [-0.39, 0.29) is 5.91 Å². The maximum Gasteiger partial charge on any atom is 0.236 e. The zero-order valence-corrected chi connectivity index (χ0v) is 16.3. The van der Waals surface area contributed by atoms with E-state index in [0.717, 1.165) is 20.6 Å². The Morgan fingerprint density at radius 2 is 2.04 bits per heavy atom. The van der Waals surface area contributed by atoms with Gasteiger partial charge in [0.25, 0.3) is 0 Å². The molecule has 1 aromatic heterocycles. The van der Waals surface area contributed by atoms with E-state index in [1.54, 1.807) is 0 Å². The van der Waals surface area contributed by atoms with Gasteiger partial charge in [0.05, 0.1) is 11.4 Å². The van der Waals surface area contributed by atoms with Gasteiger partial charge in [0.15, 0.2) is 5.13 Å². The van der Waals surface area contributed by atoms with Crippen LogP contribution in [0.1, 0.15) is 0 Å². The zero-order chi connectivity index (χ0) is 16.9. The van der Waals surface area contributed by atoms with E-state index in [4.69, 9.17) is 11.6 Å². The minimum atomic E-state index is -0.0786. The van der Waals surface area contributed by atoms with E-state index < -0.39 is 0 Å². The Bertz CT molecular complexity index is 852. The molecule has 122 valence electrons. The largest absolute Gasteiger partial charge is 0.301 e. The first-order chi connectivity index (χ1) is 11.6. The van der Waals surface area contributed by atoms with Crippen LogP contribution in [0.5, 0.6) is 0 Å². The first-order valence-corrected chi connectivity index (χ1v) is 10.0. The molecule has 24 heavy (non-hydrogen) atoms. The van der Waals surface area contributed by atoms with Crippen molar-refractivity contribution in [1.82, 2.24) is 4.98 Å². The highest BCUT2D eigenvalue weighted by Crippen LogP contribution is 2.27. The van der Waals surface area contributed by atoms with Crippen molar-refractivity contribution in [3.63, 3.8) is 0 Å². The molecule has 0 aliphatic heterocycles. The third-order valence-electron chi connectivity index (χ3n) is 3.05. The SMILES string of the molecule is O=C(CSc1ccc(Cl)cc1)Nc1nc(-c2cccc(Br)c2)cs1. The number of hydrogen-bond donors (Lipinski definition) is 1. The molecular formula is C17H12BrClN2OS2. The number of nitrogens with zero attached hydrogens (tertiary/aromatic N) is 1. The van der Waals surface area contributed by atoms with Crippen LogP contribution in [-0.4, -0.2) is 16.6 Å². The summed E-state index contributed by atoms with van der Waals surface area (Å²) in [5.41, 5.74) is 1.86. The third kappa shape index (κ3) is 4.83. The number of amides is 1. The lowest BCUT2D eigenvalue weighted by Gasteiger charge is -2.02. The highest BCUT2D eigenvalue weighted by molar-refractivity contribution is 9.10. The van der Waals surface area contributed by atoms with Gasteiger partial charge in [0.1, 0.15) is 0 Å². The van der Waals surface area contributed by atoms with Crippen molar-refractivity contribution in [3.05, 3.63) is 63.4 Å². The van der Waals surface area contributed by atoms with Gasteiger partial charge in [-0.05, 0) is 36.4 Å². The Kier molecular flexibility index (Phi) is 5.94. The predicted octanol–water partition coefficient (Wildman–Crippen LogP) is 5.96. The van der Waals surface area contributed by atoms with Crippen molar-refractivity contribution in [2.24, 2.45) is 0 Å². The van der Waals surface area contributed by atoms with E-state index in [0.29, 0.717) is 15.9 Å². The van der Waals surface area contributed by atoms with Crippen LogP contribution < -0.4 is 5.32 Å². The fourth-order valence-corrected chi connectivity index (χ4v) is 3.91. The van der Waals surface area contributed by atoms with Crippen LogP contribution in [0.15, 0.2) is 63.3 Å². The zero-order valence-electron chi connectivity index (χ0n) is 12.3. The third-order valence-corrected chi connectivity index (χ3v) is 5.57. The number of halogens is 2. The van der Waals surface area contributed by atoms with Gasteiger partial charge in [0.2, 0.25) is 5.91 Å². The number of nitrogens with one attached hydrogen (secondary N) is 1. The van der Waals surface area contributed by atoms with Crippen LogP contribution in [-0.2, 0) is 4.79 Å². The highest BCUT2D eigenvalue weighted by Gasteiger charge is 2.09. The Balaban J connectivity index is 1.58. The van der Waals surface area contributed by atoms with Crippen molar-refractivity contribution < 1.29 is 4.79 Å². The van der Waals surface area contributed by atoms with E-state index in [2.05, 4.69) is 26.2 Å². The summed E-state index contributed by atoms with van der Waals surface area (Å²) in [5, 5.41) is 6.06. The van der Waals surface area contributed by atoms with Gasteiger partial charge in [0, 0.05) is 25.3 Å². The van der Waals surface area contributed by atoms with Crippen molar-refractivity contribution in [2.45, 2.75) is 4.90 Å². The fourth-order valence-electron chi connectivity index (χ4n) is 1.95. The van der Waals surface area contributed by atoms with Gasteiger partial charge >= 0.3 is 0 Å². The molecule has 0 saturated heterocycles. The van der Waals surface area contributed by atoms with Crippen LogP contribution in [0.25, 0.3) is 11.3 Å². The van der Waals surface area contributed by atoms with Crippen molar-refractivity contribution in [3.8, 4) is 11.3 Å². The summed E-state index contributed by atoms with van der Waals surface area (Å²) >= 11 is 12.2.